The predicted octanol–water partition coefficient (Wildman–Crippen LogP) is 2.30. The third-order valence-electron chi connectivity index (χ3n) is 4.59. The quantitative estimate of drug-likeness (QED) is 0.548. The molecule has 1 aliphatic heterocycles. The van der Waals surface area contributed by atoms with Gasteiger partial charge in [-0.05, 0) is 23.6 Å². The van der Waals surface area contributed by atoms with Crippen LogP contribution >= 0.6 is 0 Å². The number of esters is 1. The molecule has 150 valence electrons. The van der Waals surface area contributed by atoms with Crippen molar-refractivity contribution in [2.45, 2.75) is 25.7 Å². The second-order valence-electron chi connectivity index (χ2n) is 6.72. The number of carbonyl (C=O) groups excluding carboxylic acids is 4. The summed E-state index contributed by atoms with van der Waals surface area (Å²) in [5, 5.41) is 2.76. The van der Waals surface area contributed by atoms with Gasteiger partial charge < -0.3 is 10.1 Å². The van der Waals surface area contributed by atoms with E-state index in [1.165, 1.54) is 0 Å². The number of amides is 3. The van der Waals surface area contributed by atoms with Gasteiger partial charge in [-0.2, -0.15) is 0 Å². The van der Waals surface area contributed by atoms with E-state index in [4.69, 9.17) is 4.74 Å². The fraction of sp³-hybridized carbons (Fsp3) is 0.273. The summed E-state index contributed by atoms with van der Waals surface area (Å²) in [5.41, 5.74) is 2.72. The van der Waals surface area contributed by atoms with Crippen molar-refractivity contribution in [1.82, 2.24) is 4.90 Å². The molecule has 3 rings (SSSR count). The van der Waals surface area contributed by atoms with Gasteiger partial charge in [-0.25, -0.2) is 0 Å². The average molecular weight is 394 g/mol. The molecule has 2 aromatic carbocycles. The number of likely N-dealkylation sites (tertiary alicyclic amines) is 1. The highest BCUT2D eigenvalue weighted by molar-refractivity contribution is 6.02. The number of imide groups is 1. The number of nitrogens with zero attached hydrogens (tertiary/aromatic N) is 1. The maximum atomic E-state index is 12.2. The summed E-state index contributed by atoms with van der Waals surface area (Å²) in [6.45, 7) is -0.446. The van der Waals surface area contributed by atoms with Crippen LogP contribution in [0.25, 0.3) is 0 Å². The smallest absolute Gasteiger partial charge is 0.308 e. The van der Waals surface area contributed by atoms with E-state index in [9.17, 15) is 19.2 Å². The molecule has 0 aliphatic carbocycles. The lowest BCUT2D eigenvalue weighted by Crippen LogP contribution is -2.32. The van der Waals surface area contributed by atoms with E-state index < -0.39 is 18.5 Å². The fourth-order valence-electron chi connectivity index (χ4n) is 3.09. The molecule has 2 aromatic rings. The van der Waals surface area contributed by atoms with Crippen molar-refractivity contribution in [2.75, 3.05) is 18.5 Å². The fourth-order valence-corrected chi connectivity index (χ4v) is 3.09. The van der Waals surface area contributed by atoms with Gasteiger partial charge in [0, 0.05) is 25.1 Å². The highest BCUT2D eigenvalue weighted by Gasteiger charge is 2.29. The highest BCUT2D eigenvalue weighted by Crippen LogP contribution is 2.19. The van der Waals surface area contributed by atoms with Crippen LogP contribution in [-0.2, 0) is 30.3 Å². The minimum Gasteiger partial charge on any atom is -0.456 e. The molecular formula is C22H22N2O5. The molecule has 0 atom stereocenters. The first-order valence-electron chi connectivity index (χ1n) is 9.43. The van der Waals surface area contributed by atoms with Gasteiger partial charge in [-0.1, -0.05) is 48.5 Å². The van der Waals surface area contributed by atoms with Gasteiger partial charge in [0.25, 0.3) is 5.91 Å². The number of para-hydroxylation sites is 1. The van der Waals surface area contributed by atoms with Gasteiger partial charge in [0.1, 0.15) is 0 Å². The van der Waals surface area contributed by atoms with Crippen LogP contribution in [0.15, 0.2) is 54.6 Å². The van der Waals surface area contributed by atoms with Crippen LogP contribution in [0.5, 0.6) is 0 Å². The molecular weight excluding hydrogens is 372 g/mol. The summed E-state index contributed by atoms with van der Waals surface area (Å²) < 4.78 is 4.96. The molecule has 7 nitrogen and oxygen atoms in total. The Labute approximate surface area is 168 Å². The van der Waals surface area contributed by atoms with E-state index >= 15 is 0 Å². The molecule has 1 heterocycles. The first-order valence-corrected chi connectivity index (χ1v) is 9.43. The monoisotopic (exact) mass is 394 g/mol. The van der Waals surface area contributed by atoms with Gasteiger partial charge in [0.2, 0.25) is 11.8 Å². The van der Waals surface area contributed by atoms with Crippen LogP contribution in [0.1, 0.15) is 30.4 Å². The van der Waals surface area contributed by atoms with Crippen molar-refractivity contribution in [3.63, 3.8) is 0 Å². The second-order valence-corrected chi connectivity index (χ2v) is 6.72. The number of hydrogen-bond donors (Lipinski definition) is 1. The minimum absolute atomic E-state index is 0.0158. The zero-order chi connectivity index (χ0) is 20.6. The number of rotatable bonds is 8. The summed E-state index contributed by atoms with van der Waals surface area (Å²) >= 11 is 0. The highest BCUT2D eigenvalue weighted by atomic mass is 16.5. The van der Waals surface area contributed by atoms with E-state index in [2.05, 4.69) is 5.32 Å². The third-order valence-corrected chi connectivity index (χ3v) is 4.59. The molecule has 3 amide bonds. The van der Waals surface area contributed by atoms with E-state index in [1.54, 1.807) is 6.07 Å². The molecule has 1 saturated heterocycles. The third kappa shape index (κ3) is 5.75. The normalized spacial score (nSPS) is 13.4. The summed E-state index contributed by atoms with van der Waals surface area (Å²) in [5.74, 6) is -1.65. The van der Waals surface area contributed by atoms with Gasteiger partial charge in [-0.3, -0.25) is 24.1 Å². The number of benzene rings is 2. The Kier molecular flexibility index (Phi) is 6.73. The Bertz CT molecular complexity index is 894. The largest absolute Gasteiger partial charge is 0.456 e. The first-order chi connectivity index (χ1) is 14.0. The SMILES string of the molecule is O=C(COC(=O)CCN1C(=O)CCC1=O)Nc1ccccc1Cc1ccccc1. The Morgan fingerprint density at radius 3 is 2.31 bits per heavy atom. The van der Waals surface area contributed by atoms with Crippen molar-refractivity contribution < 1.29 is 23.9 Å². The van der Waals surface area contributed by atoms with Gasteiger partial charge in [0.05, 0.1) is 6.42 Å². The topological polar surface area (TPSA) is 92.8 Å². The molecule has 0 spiro atoms. The lowest BCUT2D eigenvalue weighted by Gasteiger charge is -2.13. The lowest BCUT2D eigenvalue weighted by molar-refractivity contribution is -0.148. The van der Waals surface area contributed by atoms with Crippen molar-refractivity contribution in [2.24, 2.45) is 0 Å². The van der Waals surface area contributed by atoms with Crippen molar-refractivity contribution in [1.29, 1.82) is 0 Å². The number of carbonyl (C=O) groups is 4. The van der Waals surface area contributed by atoms with Crippen molar-refractivity contribution >= 4 is 29.4 Å². The summed E-state index contributed by atoms with van der Waals surface area (Å²) in [4.78, 5) is 48.1. The number of ether oxygens (including phenoxy) is 1. The van der Waals surface area contributed by atoms with E-state index in [0.717, 1.165) is 16.0 Å². The number of anilines is 1. The van der Waals surface area contributed by atoms with Crippen molar-refractivity contribution in [3.8, 4) is 0 Å². The molecule has 29 heavy (non-hydrogen) atoms. The summed E-state index contributed by atoms with van der Waals surface area (Å²) in [7, 11) is 0. The molecule has 0 unspecified atom stereocenters. The standard InChI is InChI=1S/C22H22N2O5/c25-19(15-29-22(28)12-13-24-20(26)10-11-21(24)27)23-18-9-5-4-8-17(18)14-16-6-2-1-3-7-16/h1-9H,10-15H2,(H,23,25). The molecule has 1 N–H and O–H groups in total. The Morgan fingerprint density at radius 1 is 0.931 bits per heavy atom. The number of hydrogen-bond acceptors (Lipinski definition) is 5. The molecule has 0 aromatic heterocycles. The molecule has 1 fully saturated rings. The van der Waals surface area contributed by atoms with Crippen LogP contribution in [0.2, 0.25) is 0 Å². The van der Waals surface area contributed by atoms with E-state index in [0.29, 0.717) is 12.1 Å². The van der Waals surface area contributed by atoms with Gasteiger partial charge in [0.15, 0.2) is 6.61 Å². The average Bonchev–Trinajstić information content (AvgIpc) is 3.04. The van der Waals surface area contributed by atoms with Crippen LogP contribution < -0.4 is 5.32 Å². The zero-order valence-electron chi connectivity index (χ0n) is 15.9. The predicted molar refractivity (Wildman–Crippen MR) is 106 cm³/mol. The molecule has 0 radical (unpaired) electrons. The maximum Gasteiger partial charge on any atom is 0.308 e. The number of nitrogens with one attached hydrogen (secondary N) is 1. The van der Waals surface area contributed by atoms with Crippen LogP contribution in [0, 0.1) is 0 Å². The summed E-state index contributed by atoms with van der Waals surface area (Å²) in [6, 6.07) is 17.3. The van der Waals surface area contributed by atoms with Gasteiger partial charge >= 0.3 is 5.97 Å². The molecule has 0 bridgehead atoms. The molecule has 1 aliphatic rings. The van der Waals surface area contributed by atoms with E-state index in [-0.39, 0.29) is 37.6 Å². The van der Waals surface area contributed by atoms with E-state index in [1.807, 2.05) is 48.5 Å². The second kappa shape index (κ2) is 9.64. The molecule has 0 saturated carbocycles. The Hall–Kier alpha value is -3.48. The Balaban J connectivity index is 1.47. The first kappa shape index (κ1) is 20.3. The van der Waals surface area contributed by atoms with Crippen LogP contribution in [0.4, 0.5) is 5.69 Å². The van der Waals surface area contributed by atoms with Crippen LogP contribution in [0.3, 0.4) is 0 Å². The zero-order valence-corrected chi connectivity index (χ0v) is 15.9. The van der Waals surface area contributed by atoms with Crippen LogP contribution in [-0.4, -0.2) is 41.7 Å². The Morgan fingerprint density at radius 2 is 1.59 bits per heavy atom. The maximum absolute atomic E-state index is 12.2. The summed E-state index contributed by atoms with van der Waals surface area (Å²) in [6.07, 6.45) is 0.891. The minimum atomic E-state index is -0.634. The van der Waals surface area contributed by atoms with Gasteiger partial charge in [-0.15, -0.1) is 0 Å². The lowest BCUT2D eigenvalue weighted by atomic mass is 10.0. The molecule has 7 heteroatoms. The van der Waals surface area contributed by atoms with Crippen molar-refractivity contribution in [3.05, 3.63) is 65.7 Å².